The first-order valence-corrected chi connectivity index (χ1v) is 10.7. The van der Waals surface area contributed by atoms with Crippen molar-refractivity contribution in [3.63, 3.8) is 0 Å². The maximum absolute atomic E-state index is 5.79. The summed E-state index contributed by atoms with van der Waals surface area (Å²) in [5.41, 5.74) is 0.279. The lowest BCUT2D eigenvalue weighted by atomic mass is 9.79. The van der Waals surface area contributed by atoms with Crippen LogP contribution in [0.3, 0.4) is 0 Å². The zero-order valence-electron chi connectivity index (χ0n) is 16.8. The molecule has 2 heterocycles. The number of hydrogen-bond acceptors (Lipinski definition) is 4. The highest BCUT2D eigenvalue weighted by Crippen LogP contribution is 2.34. The summed E-state index contributed by atoms with van der Waals surface area (Å²) in [5.74, 6) is 1.07. The molecule has 150 valence electrons. The van der Waals surface area contributed by atoms with Crippen molar-refractivity contribution < 1.29 is 9.47 Å². The third-order valence-corrected chi connectivity index (χ3v) is 6.40. The summed E-state index contributed by atoms with van der Waals surface area (Å²) in [7, 11) is 1.92. The first kappa shape index (κ1) is 19.9. The Morgan fingerprint density at radius 3 is 2.42 bits per heavy atom. The largest absolute Gasteiger partial charge is 0.379 e. The molecule has 0 radical (unpaired) electrons. The lowest BCUT2D eigenvalue weighted by Crippen LogP contribution is -2.61. The zero-order chi connectivity index (χ0) is 18.2. The molecule has 1 saturated carbocycles. The number of guanidine groups is 1. The average molecular weight is 367 g/mol. The maximum Gasteiger partial charge on any atom is 0.193 e. The van der Waals surface area contributed by atoms with Crippen molar-refractivity contribution in [2.45, 2.75) is 63.5 Å². The number of ether oxygens (including phenoxy) is 2. The molecule has 0 aromatic carbocycles. The van der Waals surface area contributed by atoms with E-state index in [1.807, 2.05) is 7.05 Å². The molecule has 0 spiro atoms. The minimum Gasteiger partial charge on any atom is -0.379 e. The number of nitrogens with zero attached hydrogens (tertiary/aromatic N) is 3. The van der Waals surface area contributed by atoms with E-state index < -0.39 is 0 Å². The highest BCUT2D eigenvalue weighted by molar-refractivity contribution is 5.80. The van der Waals surface area contributed by atoms with Crippen molar-refractivity contribution in [3.05, 3.63) is 0 Å². The van der Waals surface area contributed by atoms with Crippen LogP contribution in [0.5, 0.6) is 0 Å². The van der Waals surface area contributed by atoms with Gasteiger partial charge in [0.1, 0.15) is 0 Å². The van der Waals surface area contributed by atoms with Gasteiger partial charge in [0.25, 0.3) is 0 Å². The standard InChI is InChI=1S/C20H38N4O2/c1-3-26-18-7-11-23(12-8-18)19(21-2)22-17-20(9-5-4-6-10-20)24-13-15-25-16-14-24/h18H,3-17H2,1-2H3,(H,21,22). The normalized spacial score (nSPS) is 26.1. The topological polar surface area (TPSA) is 49.3 Å². The molecular weight excluding hydrogens is 328 g/mol. The summed E-state index contributed by atoms with van der Waals surface area (Å²) in [5, 5.41) is 3.75. The molecule has 0 amide bonds. The Balaban J connectivity index is 1.57. The summed E-state index contributed by atoms with van der Waals surface area (Å²) >= 11 is 0. The number of piperidine rings is 1. The van der Waals surface area contributed by atoms with Gasteiger partial charge in [-0.2, -0.15) is 0 Å². The van der Waals surface area contributed by atoms with E-state index in [9.17, 15) is 0 Å². The third-order valence-electron chi connectivity index (χ3n) is 6.40. The Morgan fingerprint density at radius 2 is 1.81 bits per heavy atom. The Labute approximate surface area is 159 Å². The van der Waals surface area contributed by atoms with Crippen molar-refractivity contribution in [1.82, 2.24) is 15.1 Å². The molecule has 3 fully saturated rings. The highest BCUT2D eigenvalue weighted by Gasteiger charge is 2.39. The fraction of sp³-hybridized carbons (Fsp3) is 0.950. The molecule has 3 rings (SSSR count). The third kappa shape index (κ3) is 4.90. The minimum absolute atomic E-state index is 0.279. The van der Waals surface area contributed by atoms with Crippen LogP contribution in [0.15, 0.2) is 4.99 Å². The summed E-state index contributed by atoms with van der Waals surface area (Å²) in [6.07, 6.45) is 9.28. The molecular formula is C20H38N4O2. The number of nitrogens with one attached hydrogen (secondary N) is 1. The molecule has 0 atom stereocenters. The van der Waals surface area contributed by atoms with Crippen molar-refractivity contribution in [2.24, 2.45) is 4.99 Å². The molecule has 2 aliphatic heterocycles. The van der Waals surface area contributed by atoms with Gasteiger partial charge in [-0.15, -0.1) is 0 Å². The van der Waals surface area contributed by atoms with Crippen LogP contribution in [-0.2, 0) is 9.47 Å². The van der Waals surface area contributed by atoms with Gasteiger partial charge in [0, 0.05) is 51.9 Å². The van der Waals surface area contributed by atoms with E-state index in [-0.39, 0.29) is 5.54 Å². The molecule has 0 aromatic rings. The molecule has 26 heavy (non-hydrogen) atoms. The van der Waals surface area contributed by atoms with Crippen LogP contribution in [0.4, 0.5) is 0 Å². The van der Waals surface area contributed by atoms with Crippen LogP contribution >= 0.6 is 0 Å². The van der Waals surface area contributed by atoms with Crippen LogP contribution in [0.2, 0.25) is 0 Å². The van der Waals surface area contributed by atoms with E-state index >= 15 is 0 Å². The molecule has 0 bridgehead atoms. The zero-order valence-corrected chi connectivity index (χ0v) is 16.8. The molecule has 3 aliphatic rings. The fourth-order valence-corrected chi connectivity index (χ4v) is 4.90. The van der Waals surface area contributed by atoms with Gasteiger partial charge in [0.2, 0.25) is 0 Å². The Bertz CT molecular complexity index is 437. The van der Waals surface area contributed by atoms with E-state index in [1.165, 1.54) is 32.1 Å². The van der Waals surface area contributed by atoms with Gasteiger partial charge in [-0.05, 0) is 32.6 Å². The summed E-state index contributed by atoms with van der Waals surface area (Å²) in [4.78, 5) is 9.69. The number of likely N-dealkylation sites (tertiary alicyclic amines) is 1. The smallest absolute Gasteiger partial charge is 0.193 e. The molecule has 0 unspecified atom stereocenters. The quantitative estimate of drug-likeness (QED) is 0.596. The van der Waals surface area contributed by atoms with Crippen molar-refractivity contribution in [3.8, 4) is 0 Å². The second kappa shape index (κ2) is 9.90. The predicted molar refractivity (Wildman–Crippen MR) is 106 cm³/mol. The summed E-state index contributed by atoms with van der Waals surface area (Å²) in [6.45, 7) is 9.87. The van der Waals surface area contributed by atoms with Crippen molar-refractivity contribution in [2.75, 3.05) is 59.6 Å². The summed E-state index contributed by atoms with van der Waals surface area (Å²) in [6, 6.07) is 0. The van der Waals surface area contributed by atoms with Crippen LogP contribution in [0.1, 0.15) is 51.9 Å². The Hall–Kier alpha value is -0.850. The maximum atomic E-state index is 5.79. The predicted octanol–water partition coefficient (Wildman–Crippen LogP) is 2.10. The van der Waals surface area contributed by atoms with Crippen LogP contribution < -0.4 is 5.32 Å². The Morgan fingerprint density at radius 1 is 1.12 bits per heavy atom. The van der Waals surface area contributed by atoms with Gasteiger partial charge in [0.05, 0.1) is 19.3 Å². The van der Waals surface area contributed by atoms with E-state index in [0.717, 1.165) is 71.3 Å². The molecule has 1 aliphatic carbocycles. The summed E-state index contributed by atoms with van der Waals surface area (Å²) < 4.78 is 11.4. The second-order valence-electron chi connectivity index (χ2n) is 7.93. The van der Waals surface area contributed by atoms with Gasteiger partial charge in [-0.1, -0.05) is 19.3 Å². The van der Waals surface area contributed by atoms with Crippen LogP contribution in [0.25, 0.3) is 0 Å². The fourth-order valence-electron chi connectivity index (χ4n) is 4.90. The first-order valence-electron chi connectivity index (χ1n) is 10.7. The van der Waals surface area contributed by atoms with E-state index in [4.69, 9.17) is 9.47 Å². The number of aliphatic imine (C=N–C) groups is 1. The average Bonchev–Trinajstić information content (AvgIpc) is 2.71. The van der Waals surface area contributed by atoms with E-state index in [1.54, 1.807) is 0 Å². The first-order chi connectivity index (χ1) is 12.8. The number of morpholine rings is 1. The van der Waals surface area contributed by atoms with Crippen LogP contribution in [0, 0.1) is 0 Å². The molecule has 6 nitrogen and oxygen atoms in total. The van der Waals surface area contributed by atoms with Gasteiger partial charge >= 0.3 is 0 Å². The minimum atomic E-state index is 0.279. The SMILES string of the molecule is CCOC1CCN(C(=NC)NCC2(N3CCOCC3)CCCCC2)CC1. The monoisotopic (exact) mass is 366 g/mol. The second-order valence-corrected chi connectivity index (χ2v) is 7.93. The van der Waals surface area contributed by atoms with Gasteiger partial charge in [-0.3, -0.25) is 9.89 Å². The molecule has 0 aromatic heterocycles. The van der Waals surface area contributed by atoms with Gasteiger partial charge in [0.15, 0.2) is 5.96 Å². The highest BCUT2D eigenvalue weighted by atomic mass is 16.5. The van der Waals surface area contributed by atoms with Gasteiger partial charge < -0.3 is 19.7 Å². The molecule has 2 saturated heterocycles. The lowest BCUT2D eigenvalue weighted by molar-refractivity contribution is -0.0355. The van der Waals surface area contributed by atoms with Crippen molar-refractivity contribution in [1.29, 1.82) is 0 Å². The molecule has 1 N–H and O–H groups in total. The number of hydrogen-bond donors (Lipinski definition) is 1. The van der Waals surface area contributed by atoms with E-state index in [2.05, 4.69) is 27.0 Å². The Kier molecular flexibility index (Phi) is 7.58. The van der Waals surface area contributed by atoms with E-state index in [0.29, 0.717) is 6.10 Å². The van der Waals surface area contributed by atoms with Crippen molar-refractivity contribution >= 4 is 5.96 Å². The van der Waals surface area contributed by atoms with Gasteiger partial charge in [-0.25, -0.2) is 0 Å². The molecule has 6 heteroatoms. The van der Waals surface area contributed by atoms with Crippen LogP contribution in [-0.4, -0.2) is 87.0 Å². The number of rotatable bonds is 5. The lowest BCUT2D eigenvalue weighted by Gasteiger charge is -2.48.